The first kappa shape index (κ1) is 25.9. The summed E-state index contributed by atoms with van der Waals surface area (Å²) in [7, 11) is 0. The predicted octanol–water partition coefficient (Wildman–Crippen LogP) is 7.47. The Balaban J connectivity index is 0.000000321. The summed E-state index contributed by atoms with van der Waals surface area (Å²) < 4.78 is 0. The fraction of sp³-hybridized carbons (Fsp3) is 0.300. The molecule has 0 saturated heterocycles. The molecule has 0 saturated carbocycles. The fourth-order valence-corrected chi connectivity index (χ4v) is 3.46. The zero-order valence-corrected chi connectivity index (χ0v) is 20.6. The van der Waals surface area contributed by atoms with Gasteiger partial charge in [-0.2, -0.15) is 0 Å². The van der Waals surface area contributed by atoms with Crippen molar-refractivity contribution in [3.05, 3.63) is 106 Å². The second-order valence-corrected chi connectivity index (χ2v) is 8.22. The molecule has 3 aromatic carbocycles. The largest absolute Gasteiger partial charge is 0.478 e. The third-order valence-electron chi connectivity index (χ3n) is 5.74. The third kappa shape index (κ3) is 8.27. The van der Waals surface area contributed by atoms with E-state index < -0.39 is 5.97 Å². The van der Waals surface area contributed by atoms with Crippen LogP contribution in [0.5, 0.6) is 0 Å². The Morgan fingerprint density at radius 2 is 1.36 bits per heavy atom. The molecule has 3 nitrogen and oxygen atoms in total. The van der Waals surface area contributed by atoms with Crippen LogP contribution in [0, 0.1) is 6.92 Å². The molecular formula is C30H37NO2. The minimum atomic E-state index is -0.894. The van der Waals surface area contributed by atoms with Crippen molar-refractivity contribution in [2.24, 2.45) is 0 Å². The van der Waals surface area contributed by atoms with E-state index in [9.17, 15) is 4.79 Å². The maximum atomic E-state index is 11.1. The molecule has 0 aliphatic rings. The van der Waals surface area contributed by atoms with E-state index in [-0.39, 0.29) is 0 Å². The molecule has 0 aliphatic carbocycles. The lowest BCUT2D eigenvalue weighted by molar-refractivity contribution is -0.132. The molecule has 33 heavy (non-hydrogen) atoms. The first-order valence-corrected chi connectivity index (χ1v) is 11.8. The number of hydrogen-bond acceptors (Lipinski definition) is 2. The van der Waals surface area contributed by atoms with Gasteiger partial charge in [0.05, 0.1) is 0 Å². The summed E-state index contributed by atoms with van der Waals surface area (Å²) in [5.41, 5.74) is 8.67. The number of carboxylic acid groups (broad SMARTS) is 1. The van der Waals surface area contributed by atoms with E-state index in [0.29, 0.717) is 12.1 Å². The highest BCUT2D eigenvalue weighted by Crippen LogP contribution is 2.23. The first-order chi connectivity index (χ1) is 15.9. The van der Waals surface area contributed by atoms with Crippen molar-refractivity contribution in [2.45, 2.75) is 60.4 Å². The van der Waals surface area contributed by atoms with E-state index in [4.69, 9.17) is 5.11 Å². The van der Waals surface area contributed by atoms with Crippen molar-refractivity contribution in [1.29, 1.82) is 0 Å². The normalized spacial score (nSPS) is 10.9. The highest BCUT2D eigenvalue weighted by molar-refractivity contribution is 5.93. The van der Waals surface area contributed by atoms with Gasteiger partial charge in [-0.05, 0) is 73.1 Å². The molecule has 0 bridgehead atoms. The summed E-state index contributed by atoms with van der Waals surface area (Å²) in [5, 5.41) is 12.5. The minimum Gasteiger partial charge on any atom is -0.478 e. The average molecular weight is 444 g/mol. The Morgan fingerprint density at radius 3 is 1.91 bits per heavy atom. The fourth-order valence-electron chi connectivity index (χ4n) is 3.46. The summed E-state index contributed by atoms with van der Waals surface area (Å²) in [6.07, 6.45) is 5.05. The van der Waals surface area contributed by atoms with E-state index in [2.05, 4.69) is 74.6 Å². The Bertz CT molecular complexity index is 1050. The average Bonchev–Trinajstić information content (AvgIpc) is 2.84. The Hall–Kier alpha value is -3.33. The standard InChI is InChI=1S/C20H23NO2.C10H14/c1-4-16-8-10-17(11-9-16)13-21-19-7-5-6-14(2)18(19)12-15(3)20(22)23;1-3-9-6-5-7-10(4-2)8-9/h5-12,21H,4,13H2,1-3H3,(H,22,23);5-8H,3-4H2,1-2H3/b15-12+;. The number of nitrogens with one attached hydrogen (secondary N) is 1. The molecule has 3 aromatic rings. The molecule has 0 aliphatic heterocycles. The summed E-state index contributed by atoms with van der Waals surface area (Å²) in [6.45, 7) is 10.8. The van der Waals surface area contributed by atoms with Crippen molar-refractivity contribution in [3.63, 3.8) is 0 Å². The molecule has 0 atom stereocenters. The zero-order valence-electron chi connectivity index (χ0n) is 20.6. The van der Waals surface area contributed by atoms with Crippen LogP contribution in [-0.2, 0) is 30.6 Å². The van der Waals surface area contributed by atoms with Crippen LogP contribution >= 0.6 is 0 Å². The van der Waals surface area contributed by atoms with Crippen molar-refractivity contribution in [3.8, 4) is 0 Å². The smallest absolute Gasteiger partial charge is 0.331 e. The molecule has 0 heterocycles. The van der Waals surface area contributed by atoms with Gasteiger partial charge in [0.25, 0.3) is 0 Å². The number of anilines is 1. The van der Waals surface area contributed by atoms with E-state index in [0.717, 1.165) is 36.1 Å². The van der Waals surface area contributed by atoms with E-state index in [1.54, 1.807) is 13.0 Å². The Morgan fingerprint density at radius 1 is 0.818 bits per heavy atom. The summed E-state index contributed by atoms with van der Waals surface area (Å²) >= 11 is 0. The van der Waals surface area contributed by atoms with Gasteiger partial charge in [-0.1, -0.05) is 81.4 Å². The number of rotatable bonds is 8. The maximum Gasteiger partial charge on any atom is 0.331 e. The quantitative estimate of drug-likeness (QED) is 0.355. The number of hydrogen-bond donors (Lipinski definition) is 2. The van der Waals surface area contributed by atoms with Gasteiger partial charge < -0.3 is 10.4 Å². The van der Waals surface area contributed by atoms with E-state index in [1.807, 2.05) is 25.1 Å². The van der Waals surface area contributed by atoms with Crippen LogP contribution in [0.1, 0.15) is 61.1 Å². The van der Waals surface area contributed by atoms with Crippen LogP contribution in [0.4, 0.5) is 5.69 Å². The third-order valence-corrected chi connectivity index (χ3v) is 5.74. The highest BCUT2D eigenvalue weighted by atomic mass is 16.4. The van der Waals surface area contributed by atoms with Gasteiger partial charge in [-0.25, -0.2) is 4.79 Å². The predicted molar refractivity (Wildman–Crippen MR) is 141 cm³/mol. The highest BCUT2D eigenvalue weighted by Gasteiger charge is 2.07. The lowest BCUT2D eigenvalue weighted by Gasteiger charge is -2.13. The van der Waals surface area contributed by atoms with Gasteiger partial charge in [0, 0.05) is 23.4 Å². The molecule has 0 aromatic heterocycles. The molecule has 0 fully saturated rings. The maximum absolute atomic E-state index is 11.1. The van der Waals surface area contributed by atoms with Gasteiger partial charge in [-0.3, -0.25) is 0 Å². The lowest BCUT2D eigenvalue weighted by atomic mass is 10.0. The second kappa shape index (κ2) is 13.3. The molecule has 0 spiro atoms. The second-order valence-electron chi connectivity index (χ2n) is 8.22. The molecular weight excluding hydrogens is 406 g/mol. The zero-order chi connectivity index (χ0) is 24.2. The van der Waals surface area contributed by atoms with Gasteiger partial charge in [0.15, 0.2) is 0 Å². The van der Waals surface area contributed by atoms with Gasteiger partial charge >= 0.3 is 5.97 Å². The number of aryl methyl sites for hydroxylation is 4. The Kier molecular flexibility index (Phi) is 10.4. The summed E-state index contributed by atoms with van der Waals surface area (Å²) in [6, 6.07) is 23.3. The number of aliphatic carboxylic acids is 1. The van der Waals surface area contributed by atoms with Crippen LogP contribution in [0.2, 0.25) is 0 Å². The van der Waals surface area contributed by atoms with Gasteiger partial charge in [-0.15, -0.1) is 0 Å². The van der Waals surface area contributed by atoms with Gasteiger partial charge in [0.2, 0.25) is 0 Å². The van der Waals surface area contributed by atoms with Crippen LogP contribution in [-0.4, -0.2) is 11.1 Å². The van der Waals surface area contributed by atoms with Crippen molar-refractivity contribution in [1.82, 2.24) is 0 Å². The molecule has 2 N–H and O–H groups in total. The van der Waals surface area contributed by atoms with Gasteiger partial charge in [0.1, 0.15) is 0 Å². The molecule has 0 radical (unpaired) electrons. The van der Waals surface area contributed by atoms with Crippen LogP contribution in [0.15, 0.2) is 72.3 Å². The molecule has 174 valence electrons. The molecule has 3 heteroatoms. The summed E-state index contributed by atoms with van der Waals surface area (Å²) in [4.78, 5) is 11.1. The summed E-state index contributed by atoms with van der Waals surface area (Å²) in [5.74, 6) is -0.894. The Labute approximate surface area is 199 Å². The number of carbonyl (C=O) groups is 1. The van der Waals surface area contributed by atoms with Crippen LogP contribution in [0.3, 0.4) is 0 Å². The van der Waals surface area contributed by atoms with Crippen LogP contribution < -0.4 is 5.32 Å². The monoisotopic (exact) mass is 443 g/mol. The van der Waals surface area contributed by atoms with E-state index in [1.165, 1.54) is 22.3 Å². The molecule has 0 unspecified atom stereocenters. The van der Waals surface area contributed by atoms with E-state index >= 15 is 0 Å². The molecule has 3 rings (SSSR count). The SMILES string of the molecule is CCc1ccc(CNc2cccc(C)c2/C=C(\C)C(=O)O)cc1.CCc1cccc(CC)c1. The molecule has 0 amide bonds. The first-order valence-electron chi connectivity index (χ1n) is 11.8. The van der Waals surface area contributed by atoms with Crippen molar-refractivity contribution >= 4 is 17.7 Å². The van der Waals surface area contributed by atoms with Crippen molar-refractivity contribution in [2.75, 3.05) is 5.32 Å². The lowest BCUT2D eigenvalue weighted by Crippen LogP contribution is -2.03. The van der Waals surface area contributed by atoms with Crippen LogP contribution in [0.25, 0.3) is 6.08 Å². The topological polar surface area (TPSA) is 49.3 Å². The van der Waals surface area contributed by atoms with Crippen molar-refractivity contribution < 1.29 is 9.90 Å². The number of benzene rings is 3. The number of carboxylic acids is 1. The minimum absolute atomic E-state index is 0.328.